The van der Waals surface area contributed by atoms with Gasteiger partial charge in [0.05, 0.1) is 16.8 Å². The van der Waals surface area contributed by atoms with Crippen molar-refractivity contribution in [1.82, 2.24) is 4.98 Å². The maximum absolute atomic E-state index is 12.4. The molecule has 1 aliphatic rings. The van der Waals surface area contributed by atoms with E-state index in [1.54, 1.807) is 18.5 Å². The number of pyridine rings is 1. The topological polar surface area (TPSA) is 33.2 Å². The Bertz CT molecular complexity index is 684. The van der Waals surface area contributed by atoms with Crippen LogP contribution >= 0.6 is 24.0 Å². The summed E-state index contributed by atoms with van der Waals surface area (Å²) in [6.07, 6.45) is 5.16. The van der Waals surface area contributed by atoms with E-state index < -0.39 is 0 Å². The van der Waals surface area contributed by atoms with Gasteiger partial charge >= 0.3 is 0 Å². The first kappa shape index (κ1) is 13.0. The highest BCUT2D eigenvalue weighted by atomic mass is 32.2. The minimum atomic E-state index is -0.100. The van der Waals surface area contributed by atoms with Gasteiger partial charge < -0.3 is 0 Å². The summed E-state index contributed by atoms with van der Waals surface area (Å²) >= 11 is 6.60. The first-order chi connectivity index (χ1) is 9.75. The molecule has 0 bridgehead atoms. The fourth-order valence-electron chi connectivity index (χ4n) is 1.88. The maximum atomic E-state index is 12.4. The molecule has 20 heavy (non-hydrogen) atoms. The van der Waals surface area contributed by atoms with E-state index in [0.29, 0.717) is 14.9 Å². The molecule has 5 heteroatoms. The summed E-state index contributed by atoms with van der Waals surface area (Å²) in [5.41, 5.74) is 1.69. The first-order valence-corrected chi connectivity index (χ1v) is 7.21. The zero-order valence-electron chi connectivity index (χ0n) is 10.4. The summed E-state index contributed by atoms with van der Waals surface area (Å²) in [6, 6.07) is 13.3. The Balaban J connectivity index is 1.93. The van der Waals surface area contributed by atoms with Gasteiger partial charge in [-0.25, -0.2) is 0 Å². The number of carbonyl (C=O) groups excluding carboxylic acids is 1. The average Bonchev–Trinajstić information content (AvgIpc) is 2.75. The van der Waals surface area contributed by atoms with Gasteiger partial charge in [-0.3, -0.25) is 14.7 Å². The summed E-state index contributed by atoms with van der Waals surface area (Å²) in [7, 11) is 0. The second-order valence-corrected chi connectivity index (χ2v) is 5.81. The number of hydrogen-bond donors (Lipinski definition) is 0. The Kier molecular flexibility index (Phi) is 3.62. The van der Waals surface area contributed by atoms with Crippen molar-refractivity contribution < 1.29 is 4.79 Å². The van der Waals surface area contributed by atoms with Gasteiger partial charge in [0.15, 0.2) is 4.32 Å². The van der Waals surface area contributed by atoms with Crippen LogP contribution in [0.4, 0.5) is 5.69 Å². The predicted octanol–water partition coefficient (Wildman–Crippen LogP) is 3.49. The second-order valence-electron chi connectivity index (χ2n) is 4.14. The van der Waals surface area contributed by atoms with Crippen LogP contribution < -0.4 is 4.90 Å². The zero-order chi connectivity index (χ0) is 13.9. The van der Waals surface area contributed by atoms with Gasteiger partial charge in [-0.1, -0.05) is 54.3 Å². The van der Waals surface area contributed by atoms with Crippen LogP contribution in [0.25, 0.3) is 6.08 Å². The summed E-state index contributed by atoms with van der Waals surface area (Å²) < 4.78 is 0.533. The van der Waals surface area contributed by atoms with Crippen molar-refractivity contribution in [2.24, 2.45) is 0 Å². The van der Waals surface area contributed by atoms with Crippen molar-refractivity contribution in [2.45, 2.75) is 0 Å². The number of hydrogen-bond acceptors (Lipinski definition) is 4. The van der Waals surface area contributed by atoms with E-state index in [0.717, 1.165) is 5.56 Å². The van der Waals surface area contributed by atoms with E-state index in [1.807, 2.05) is 42.5 Å². The van der Waals surface area contributed by atoms with Crippen LogP contribution in [0.2, 0.25) is 0 Å². The zero-order valence-corrected chi connectivity index (χ0v) is 12.0. The van der Waals surface area contributed by atoms with Crippen molar-refractivity contribution in [3.05, 3.63) is 65.3 Å². The lowest BCUT2D eigenvalue weighted by Crippen LogP contribution is -2.27. The van der Waals surface area contributed by atoms with Crippen molar-refractivity contribution in [3.63, 3.8) is 0 Å². The third-order valence-corrected chi connectivity index (χ3v) is 4.10. The molecule has 0 aliphatic carbocycles. The van der Waals surface area contributed by atoms with Gasteiger partial charge in [-0.05, 0) is 23.8 Å². The Morgan fingerprint density at radius 3 is 2.65 bits per heavy atom. The molecular formula is C15H10N2OS2. The molecule has 1 aliphatic heterocycles. The predicted molar refractivity (Wildman–Crippen MR) is 86.3 cm³/mol. The lowest BCUT2D eigenvalue weighted by atomic mass is 10.2. The Morgan fingerprint density at radius 2 is 1.95 bits per heavy atom. The van der Waals surface area contributed by atoms with Gasteiger partial charge in [0, 0.05) is 6.20 Å². The van der Waals surface area contributed by atoms with E-state index >= 15 is 0 Å². The van der Waals surface area contributed by atoms with Gasteiger partial charge in [0.1, 0.15) is 0 Å². The number of rotatable bonds is 2. The van der Waals surface area contributed by atoms with E-state index in [4.69, 9.17) is 12.2 Å². The van der Waals surface area contributed by atoms with E-state index in [1.165, 1.54) is 16.7 Å². The van der Waals surface area contributed by atoms with Crippen LogP contribution in [0.5, 0.6) is 0 Å². The smallest absolute Gasteiger partial charge is 0.268 e. The number of nitrogens with zero attached hydrogens (tertiary/aromatic N) is 2. The quantitative estimate of drug-likeness (QED) is 0.628. The monoisotopic (exact) mass is 298 g/mol. The van der Waals surface area contributed by atoms with Crippen molar-refractivity contribution in [2.75, 3.05) is 4.90 Å². The molecule has 98 valence electrons. The number of anilines is 1. The third-order valence-electron chi connectivity index (χ3n) is 2.80. The summed E-state index contributed by atoms with van der Waals surface area (Å²) in [6.45, 7) is 0. The molecular weight excluding hydrogens is 288 g/mol. The third kappa shape index (κ3) is 2.50. The van der Waals surface area contributed by atoms with Crippen LogP contribution in [-0.4, -0.2) is 15.2 Å². The molecule has 2 heterocycles. The molecule has 0 atom stereocenters. The number of carbonyl (C=O) groups is 1. The molecule has 0 spiro atoms. The van der Waals surface area contributed by atoms with Crippen LogP contribution in [0.1, 0.15) is 5.56 Å². The molecule has 3 nitrogen and oxygen atoms in total. The lowest BCUT2D eigenvalue weighted by Gasteiger charge is -2.13. The maximum Gasteiger partial charge on any atom is 0.270 e. The Morgan fingerprint density at radius 1 is 1.15 bits per heavy atom. The van der Waals surface area contributed by atoms with Gasteiger partial charge in [-0.15, -0.1) is 0 Å². The fraction of sp³-hybridized carbons (Fsp3) is 0. The molecule has 1 saturated heterocycles. The highest BCUT2D eigenvalue weighted by Gasteiger charge is 2.33. The minimum Gasteiger partial charge on any atom is -0.268 e. The SMILES string of the molecule is O=C1/C(=C\c2ccccc2)SC(=S)N1c1cccnc1. The Labute approximate surface area is 126 Å². The second kappa shape index (κ2) is 5.56. The summed E-state index contributed by atoms with van der Waals surface area (Å²) in [5.74, 6) is -0.100. The standard InChI is InChI=1S/C15H10N2OS2/c18-14-13(9-11-5-2-1-3-6-11)20-15(19)17(14)12-7-4-8-16-10-12/h1-10H/b13-9+. The lowest BCUT2D eigenvalue weighted by molar-refractivity contribution is -0.113. The molecule has 1 aromatic heterocycles. The van der Waals surface area contributed by atoms with Gasteiger partial charge in [0.2, 0.25) is 0 Å². The number of benzene rings is 1. The molecule has 0 saturated carbocycles. The van der Waals surface area contributed by atoms with Crippen molar-refractivity contribution in [3.8, 4) is 0 Å². The number of thiocarbonyl (C=S) groups is 1. The molecule has 0 unspecified atom stereocenters. The van der Waals surface area contributed by atoms with Crippen LogP contribution in [0, 0.1) is 0 Å². The minimum absolute atomic E-state index is 0.100. The fourth-order valence-corrected chi connectivity index (χ4v) is 3.18. The summed E-state index contributed by atoms with van der Waals surface area (Å²) in [4.78, 5) is 18.6. The highest BCUT2D eigenvalue weighted by Crippen LogP contribution is 2.35. The number of thioether (sulfide) groups is 1. The van der Waals surface area contributed by atoms with Crippen LogP contribution in [-0.2, 0) is 4.79 Å². The number of amides is 1. The molecule has 2 aromatic rings. The normalized spacial score (nSPS) is 17.0. The molecule has 1 amide bonds. The summed E-state index contributed by atoms with van der Waals surface area (Å²) in [5, 5.41) is 0. The largest absolute Gasteiger partial charge is 0.270 e. The molecule has 1 aromatic carbocycles. The first-order valence-electron chi connectivity index (χ1n) is 5.99. The van der Waals surface area contributed by atoms with E-state index in [-0.39, 0.29) is 5.91 Å². The Hall–Kier alpha value is -1.98. The van der Waals surface area contributed by atoms with Crippen molar-refractivity contribution in [1.29, 1.82) is 0 Å². The highest BCUT2D eigenvalue weighted by molar-refractivity contribution is 8.27. The molecule has 1 fully saturated rings. The van der Waals surface area contributed by atoms with E-state index in [9.17, 15) is 4.79 Å². The van der Waals surface area contributed by atoms with Gasteiger partial charge in [-0.2, -0.15) is 0 Å². The molecule has 0 radical (unpaired) electrons. The number of aromatic nitrogens is 1. The van der Waals surface area contributed by atoms with Gasteiger partial charge in [0.25, 0.3) is 5.91 Å². The molecule has 3 rings (SSSR count). The van der Waals surface area contributed by atoms with Crippen LogP contribution in [0.15, 0.2) is 59.8 Å². The van der Waals surface area contributed by atoms with E-state index in [2.05, 4.69) is 4.98 Å². The van der Waals surface area contributed by atoms with Crippen molar-refractivity contribution >= 4 is 46.0 Å². The molecule has 0 N–H and O–H groups in total. The van der Waals surface area contributed by atoms with Crippen LogP contribution in [0.3, 0.4) is 0 Å². The average molecular weight is 298 g/mol.